The van der Waals surface area contributed by atoms with E-state index in [1.165, 1.54) is 24.3 Å². The van der Waals surface area contributed by atoms with Crippen molar-refractivity contribution < 1.29 is 19.5 Å². The molecule has 0 aliphatic rings. The molecular formula is C26H26N2O4. The van der Waals surface area contributed by atoms with Gasteiger partial charge in [-0.1, -0.05) is 50.2 Å². The lowest BCUT2D eigenvalue weighted by atomic mass is 10.0. The number of anilines is 1. The van der Waals surface area contributed by atoms with Crippen LogP contribution >= 0.6 is 0 Å². The van der Waals surface area contributed by atoms with Gasteiger partial charge in [0.05, 0.1) is 11.3 Å². The first-order chi connectivity index (χ1) is 15.2. The average molecular weight is 431 g/mol. The Bertz CT molecular complexity index is 1210. The van der Waals surface area contributed by atoms with Crippen LogP contribution in [0.25, 0.3) is 16.3 Å². The zero-order valence-corrected chi connectivity index (χ0v) is 18.3. The Labute approximate surface area is 187 Å². The second-order valence-electron chi connectivity index (χ2n) is 8.05. The maximum atomic E-state index is 12.6. The van der Waals surface area contributed by atoms with Gasteiger partial charge in [-0.05, 0) is 59.0 Å². The van der Waals surface area contributed by atoms with Crippen molar-refractivity contribution in [1.29, 1.82) is 0 Å². The number of carboxylic acid groups (broad SMARTS) is 1. The second-order valence-corrected chi connectivity index (χ2v) is 8.05. The Kier molecular flexibility index (Phi) is 7.05. The number of fused-ring (bicyclic) bond motifs is 1. The second kappa shape index (κ2) is 9.92. The number of aromatic carboxylic acids is 1. The summed E-state index contributed by atoms with van der Waals surface area (Å²) < 4.78 is 0. The van der Waals surface area contributed by atoms with Gasteiger partial charge < -0.3 is 15.7 Å². The van der Waals surface area contributed by atoms with Gasteiger partial charge in [-0.25, -0.2) is 4.79 Å². The minimum atomic E-state index is -1.19. The molecule has 164 valence electrons. The predicted molar refractivity (Wildman–Crippen MR) is 127 cm³/mol. The fraction of sp³-hybridized carbons (Fsp3) is 0.192. The number of rotatable bonds is 7. The normalized spacial score (nSPS) is 11.4. The number of carbonyl (C=O) groups is 3. The number of carboxylic acids is 1. The molecule has 0 unspecified atom stereocenters. The Morgan fingerprint density at radius 1 is 0.938 bits per heavy atom. The van der Waals surface area contributed by atoms with Crippen LogP contribution in [-0.4, -0.2) is 29.4 Å². The lowest BCUT2D eigenvalue weighted by Crippen LogP contribution is -2.27. The van der Waals surface area contributed by atoms with Crippen LogP contribution in [0.1, 0.15) is 47.1 Å². The van der Waals surface area contributed by atoms with Crippen molar-refractivity contribution >= 4 is 39.8 Å². The largest absolute Gasteiger partial charge is 0.478 e. The van der Waals surface area contributed by atoms with Crippen molar-refractivity contribution in [1.82, 2.24) is 5.32 Å². The van der Waals surface area contributed by atoms with Gasteiger partial charge in [0.1, 0.15) is 0 Å². The molecule has 6 heteroatoms. The molecule has 0 aliphatic heterocycles. The van der Waals surface area contributed by atoms with Crippen LogP contribution in [0.5, 0.6) is 0 Å². The van der Waals surface area contributed by atoms with Crippen molar-refractivity contribution in [2.24, 2.45) is 5.92 Å². The van der Waals surface area contributed by atoms with Crippen LogP contribution < -0.4 is 10.6 Å². The summed E-state index contributed by atoms with van der Waals surface area (Å²) in [5.41, 5.74) is 1.88. The minimum absolute atomic E-state index is 0.0715. The van der Waals surface area contributed by atoms with Gasteiger partial charge in [0.2, 0.25) is 5.91 Å². The van der Waals surface area contributed by atoms with Gasteiger partial charge in [0.25, 0.3) is 5.91 Å². The highest BCUT2D eigenvalue weighted by Gasteiger charge is 2.16. The van der Waals surface area contributed by atoms with Crippen LogP contribution in [-0.2, 0) is 4.79 Å². The van der Waals surface area contributed by atoms with E-state index >= 15 is 0 Å². The fourth-order valence-corrected chi connectivity index (χ4v) is 3.26. The predicted octanol–water partition coefficient (Wildman–Crippen LogP) is 4.97. The van der Waals surface area contributed by atoms with E-state index < -0.39 is 11.9 Å². The summed E-state index contributed by atoms with van der Waals surface area (Å²) in [6.45, 7) is 6.26. The first kappa shape index (κ1) is 22.7. The molecule has 3 N–H and O–H groups in total. The molecule has 3 aromatic rings. The summed E-state index contributed by atoms with van der Waals surface area (Å²) in [5, 5.41) is 17.0. The molecule has 0 bridgehead atoms. The standard InChI is InChI=1S/C26H26N2O4/c1-16(2)15-27-25(30)21-10-11-22(26(31)32)23(14-21)28-24(29)12-17(3)19-9-8-18-6-4-5-7-20(18)13-19/h4-14,16H,15H2,1-3H3,(H,27,30)(H,28,29)(H,31,32)/b17-12-. The number of nitrogens with one attached hydrogen (secondary N) is 2. The number of hydrogen-bond donors (Lipinski definition) is 3. The van der Waals surface area contributed by atoms with E-state index in [-0.39, 0.29) is 28.6 Å². The van der Waals surface area contributed by atoms with E-state index in [0.717, 1.165) is 21.9 Å². The Morgan fingerprint density at radius 2 is 1.62 bits per heavy atom. The minimum Gasteiger partial charge on any atom is -0.478 e. The summed E-state index contributed by atoms with van der Waals surface area (Å²) in [7, 11) is 0. The van der Waals surface area contributed by atoms with Crippen LogP contribution in [0.15, 0.2) is 66.7 Å². The molecule has 32 heavy (non-hydrogen) atoms. The maximum absolute atomic E-state index is 12.6. The van der Waals surface area contributed by atoms with Crippen LogP contribution in [0, 0.1) is 5.92 Å². The number of hydrogen-bond acceptors (Lipinski definition) is 3. The van der Waals surface area contributed by atoms with Gasteiger partial charge in [-0.15, -0.1) is 0 Å². The van der Waals surface area contributed by atoms with Crippen molar-refractivity contribution in [2.75, 3.05) is 11.9 Å². The first-order valence-corrected chi connectivity index (χ1v) is 10.4. The average Bonchev–Trinajstić information content (AvgIpc) is 2.76. The third-order valence-corrected chi connectivity index (χ3v) is 4.99. The van der Waals surface area contributed by atoms with E-state index in [2.05, 4.69) is 10.6 Å². The van der Waals surface area contributed by atoms with E-state index in [1.807, 2.05) is 63.2 Å². The quantitative estimate of drug-likeness (QED) is 0.461. The van der Waals surface area contributed by atoms with E-state index in [0.29, 0.717) is 6.54 Å². The molecule has 3 aromatic carbocycles. The topological polar surface area (TPSA) is 95.5 Å². The number of amides is 2. The van der Waals surface area contributed by atoms with Crippen molar-refractivity contribution in [3.05, 3.63) is 83.4 Å². The molecule has 0 fully saturated rings. The van der Waals surface area contributed by atoms with Crippen LogP contribution in [0.2, 0.25) is 0 Å². The molecule has 0 saturated heterocycles. The molecular weight excluding hydrogens is 404 g/mol. The molecule has 3 rings (SSSR count). The van der Waals surface area contributed by atoms with E-state index in [1.54, 1.807) is 0 Å². The number of allylic oxidation sites excluding steroid dienone is 1. The highest BCUT2D eigenvalue weighted by Crippen LogP contribution is 2.22. The van der Waals surface area contributed by atoms with Gasteiger partial charge in [0, 0.05) is 18.2 Å². The monoisotopic (exact) mass is 430 g/mol. The van der Waals surface area contributed by atoms with Crippen molar-refractivity contribution in [3.8, 4) is 0 Å². The van der Waals surface area contributed by atoms with Gasteiger partial charge >= 0.3 is 5.97 Å². The maximum Gasteiger partial charge on any atom is 0.337 e. The molecule has 0 atom stereocenters. The summed E-state index contributed by atoms with van der Waals surface area (Å²) in [6.07, 6.45) is 1.42. The molecule has 0 saturated carbocycles. The zero-order chi connectivity index (χ0) is 23.3. The lowest BCUT2D eigenvalue weighted by molar-refractivity contribution is -0.111. The van der Waals surface area contributed by atoms with Gasteiger partial charge in [-0.2, -0.15) is 0 Å². The Morgan fingerprint density at radius 3 is 2.31 bits per heavy atom. The third kappa shape index (κ3) is 5.60. The lowest BCUT2D eigenvalue weighted by Gasteiger charge is -2.12. The Balaban J connectivity index is 1.83. The summed E-state index contributed by atoms with van der Waals surface area (Å²) in [4.78, 5) is 36.6. The van der Waals surface area contributed by atoms with Gasteiger partial charge in [-0.3, -0.25) is 9.59 Å². The molecule has 0 aromatic heterocycles. The zero-order valence-electron chi connectivity index (χ0n) is 18.3. The van der Waals surface area contributed by atoms with Crippen molar-refractivity contribution in [3.63, 3.8) is 0 Å². The van der Waals surface area contributed by atoms with E-state index in [9.17, 15) is 19.5 Å². The number of carbonyl (C=O) groups excluding carboxylic acids is 2. The van der Waals surface area contributed by atoms with Crippen molar-refractivity contribution in [2.45, 2.75) is 20.8 Å². The first-order valence-electron chi connectivity index (χ1n) is 10.4. The molecule has 0 heterocycles. The molecule has 0 spiro atoms. The summed E-state index contributed by atoms with van der Waals surface area (Å²) >= 11 is 0. The highest BCUT2D eigenvalue weighted by atomic mass is 16.4. The van der Waals surface area contributed by atoms with E-state index in [4.69, 9.17) is 0 Å². The molecule has 2 amide bonds. The third-order valence-electron chi connectivity index (χ3n) is 4.99. The smallest absolute Gasteiger partial charge is 0.337 e. The molecule has 6 nitrogen and oxygen atoms in total. The summed E-state index contributed by atoms with van der Waals surface area (Å²) in [6, 6.07) is 18.0. The highest BCUT2D eigenvalue weighted by molar-refractivity contribution is 6.08. The molecule has 0 aliphatic carbocycles. The SMILES string of the molecule is C/C(=C/C(=O)Nc1cc(C(=O)NCC(C)C)ccc1C(=O)O)c1ccc2ccccc2c1. The molecule has 0 radical (unpaired) electrons. The fourth-order valence-electron chi connectivity index (χ4n) is 3.26. The van der Waals surface area contributed by atoms with Crippen LogP contribution in [0.3, 0.4) is 0 Å². The summed E-state index contributed by atoms with van der Waals surface area (Å²) in [5.74, 6) is -1.71. The van der Waals surface area contributed by atoms with Crippen LogP contribution in [0.4, 0.5) is 5.69 Å². The van der Waals surface area contributed by atoms with Gasteiger partial charge in [0.15, 0.2) is 0 Å². The Hall–Kier alpha value is -3.93. The number of benzene rings is 3.